The standard InChI is InChI=1S/C18H20N4O/c1-11-12(2)22-17(13(3)21-11)18(23)19-9-8-14-10-20-16-7-5-4-6-15(14)16/h4-7,10,20H,8-9H2,1-3H3,(H,19,23). The summed E-state index contributed by atoms with van der Waals surface area (Å²) in [6.07, 6.45) is 2.77. The van der Waals surface area contributed by atoms with Crippen molar-refractivity contribution in [3.05, 3.63) is 58.8 Å². The summed E-state index contributed by atoms with van der Waals surface area (Å²) in [5, 5.41) is 4.13. The van der Waals surface area contributed by atoms with Crippen LogP contribution in [0, 0.1) is 20.8 Å². The van der Waals surface area contributed by atoms with E-state index in [1.807, 2.05) is 45.2 Å². The first-order valence-corrected chi connectivity index (χ1v) is 7.71. The monoisotopic (exact) mass is 308 g/mol. The smallest absolute Gasteiger partial charge is 0.271 e. The summed E-state index contributed by atoms with van der Waals surface area (Å²) in [5.74, 6) is -0.169. The van der Waals surface area contributed by atoms with Crippen molar-refractivity contribution < 1.29 is 4.79 Å². The fourth-order valence-electron chi connectivity index (χ4n) is 2.66. The molecule has 3 aromatic rings. The number of aromatic nitrogens is 3. The molecule has 5 heteroatoms. The molecular formula is C18H20N4O. The summed E-state index contributed by atoms with van der Waals surface area (Å²) in [6, 6.07) is 8.16. The van der Waals surface area contributed by atoms with E-state index >= 15 is 0 Å². The molecule has 0 spiro atoms. The number of H-pyrrole nitrogens is 1. The van der Waals surface area contributed by atoms with Gasteiger partial charge >= 0.3 is 0 Å². The largest absolute Gasteiger partial charge is 0.361 e. The summed E-state index contributed by atoms with van der Waals surface area (Å²) in [7, 11) is 0. The zero-order valence-electron chi connectivity index (χ0n) is 13.6. The van der Waals surface area contributed by atoms with E-state index in [9.17, 15) is 4.79 Å². The van der Waals surface area contributed by atoms with Gasteiger partial charge in [0.2, 0.25) is 0 Å². The molecule has 1 amide bonds. The maximum atomic E-state index is 12.3. The van der Waals surface area contributed by atoms with E-state index in [1.54, 1.807) is 0 Å². The molecule has 0 aliphatic carbocycles. The highest BCUT2D eigenvalue weighted by molar-refractivity contribution is 5.93. The van der Waals surface area contributed by atoms with Gasteiger partial charge < -0.3 is 10.3 Å². The third kappa shape index (κ3) is 3.08. The highest BCUT2D eigenvalue weighted by Crippen LogP contribution is 2.17. The number of aromatic amines is 1. The molecule has 0 bridgehead atoms. The van der Waals surface area contributed by atoms with E-state index in [0.717, 1.165) is 23.3 Å². The van der Waals surface area contributed by atoms with Crippen molar-refractivity contribution in [3.8, 4) is 0 Å². The van der Waals surface area contributed by atoms with Crippen LogP contribution in [0.4, 0.5) is 0 Å². The summed E-state index contributed by atoms with van der Waals surface area (Å²) in [6.45, 7) is 6.14. The third-order valence-electron chi connectivity index (χ3n) is 4.05. The zero-order valence-corrected chi connectivity index (χ0v) is 13.6. The first-order valence-electron chi connectivity index (χ1n) is 7.71. The summed E-state index contributed by atoms with van der Waals surface area (Å²) in [5.41, 5.74) is 5.04. The van der Waals surface area contributed by atoms with Crippen LogP contribution in [-0.2, 0) is 6.42 Å². The number of hydrogen-bond acceptors (Lipinski definition) is 3. The molecule has 23 heavy (non-hydrogen) atoms. The Morgan fingerprint density at radius 3 is 2.65 bits per heavy atom. The number of hydrogen-bond donors (Lipinski definition) is 2. The van der Waals surface area contributed by atoms with Crippen LogP contribution in [0.5, 0.6) is 0 Å². The molecule has 2 heterocycles. The number of para-hydroxylation sites is 1. The number of aryl methyl sites for hydroxylation is 3. The topological polar surface area (TPSA) is 70.7 Å². The number of fused-ring (bicyclic) bond motifs is 1. The molecule has 2 N–H and O–H groups in total. The van der Waals surface area contributed by atoms with Crippen LogP contribution < -0.4 is 5.32 Å². The quantitative estimate of drug-likeness (QED) is 0.778. The van der Waals surface area contributed by atoms with Crippen LogP contribution in [0.2, 0.25) is 0 Å². The Labute approximate surface area is 135 Å². The summed E-state index contributed by atoms with van der Waals surface area (Å²) >= 11 is 0. The van der Waals surface area contributed by atoms with Gasteiger partial charge in [-0.25, -0.2) is 4.98 Å². The van der Waals surface area contributed by atoms with Gasteiger partial charge in [0.05, 0.1) is 17.1 Å². The van der Waals surface area contributed by atoms with Crippen molar-refractivity contribution >= 4 is 16.8 Å². The van der Waals surface area contributed by atoms with Gasteiger partial charge in [0.15, 0.2) is 0 Å². The third-order valence-corrected chi connectivity index (χ3v) is 4.05. The minimum absolute atomic E-state index is 0.169. The van der Waals surface area contributed by atoms with Crippen LogP contribution in [0.1, 0.15) is 33.1 Å². The average Bonchev–Trinajstić information content (AvgIpc) is 2.94. The highest BCUT2D eigenvalue weighted by atomic mass is 16.1. The second-order valence-corrected chi connectivity index (χ2v) is 5.69. The predicted octanol–water partition coefficient (Wildman–Crippen LogP) is 2.86. The Morgan fingerprint density at radius 2 is 1.83 bits per heavy atom. The molecule has 0 fully saturated rings. The van der Waals surface area contributed by atoms with Crippen LogP contribution in [0.25, 0.3) is 10.9 Å². The summed E-state index contributed by atoms with van der Waals surface area (Å²) in [4.78, 5) is 24.3. The minimum atomic E-state index is -0.169. The number of rotatable bonds is 4. The van der Waals surface area contributed by atoms with Gasteiger partial charge in [0.25, 0.3) is 5.91 Å². The molecule has 0 saturated carbocycles. The maximum absolute atomic E-state index is 12.3. The van der Waals surface area contributed by atoms with Crippen LogP contribution in [0.15, 0.2) is 30.5 Å². The molecule has 0 unspecified atom stereocenters. The average molecular weight is 308 g/mol. The lowest BCUT2D eigenvalue weighted by Gasteiger charge is -2.08. The van der Waals surface area contributed by atoms with Crippen molar-refractivity contribution in [2.45, 2.75) is 27.2 Å². The predicted molar refractivity (Wildman–Crippen MR) is 90.6 cm³/mol. The number of nitrogens with zero attached hydrogens (tertiary/aromatic N) is 2. The lowest BCUT2D eigenvalue weighted by Crippen LogP contribution is -2.28. The van der Waals surface area contributed by atoms with Gasteiger partial charge in [-0.3, -0.25) is 9.78 Å². The van der Waals surface area contributed by atoms with E-state index in [1.165, 1.54) is 10.9 Å². The Hall–Kier alpha value is -2.69. The molecule has 0 atom stereocenters. The molecule has 3 rings (SSSR count). The second-order valence-electron chi connectivity index (χ2n) is 5.69. The molecule has 0 aliphatic rings. The van der Waals surface area contributed by atoms with Gasteiger partial charge in [-0.2, -0.15) is 0 Å². The Balaban J connectivity index is 1.67. The first-order chi connectivity index (χ1) is 11.1. The van der Waals surface area contributed by atoms with Gasteiger partial charge in [-0.1, -0.05) is 18.2 Å². The number of nitrogens with one attached hydrogen (secondary N) is 2. The molecule has 0 saturated heterocycles. The van der Waals surface area contributed by atoms with Crippen molar-refractivity contribution in [3.63, 3.8) is 0 Å². The molecule has 1 aromatic carbocycles. The molecule has 0 aliphatic heterocycles. The summed E-state index contributed by atoms with van der Waals surface area (Å²) < 4.78 is 0. The molecule has 5 nitrogen and oxygen atoms in total. The lowest BCUT2D eigenvalue weighted by molar-refractivity contribution is 0.0947. The Bertz CT molecular complexity index is 867. The van der Waals surface area contributed by atoms with E-state index in [4.69, 9.17) is 0 Å². The number of benzene rings is 1. The Morgan fingerprint density at radius 1 is 1.09 bits per heavy atom. The van der Waals surface area contributed by atoms with Crippen LogP contribution >= 0.6 is 0 Å². The van der Waals surface area contributed by atoms with Crippen molar-refractivity contribution in [2.24, 2.45) is 0 Å². The van der Waals surface area contributed by atoms with Crippen molar-refractivity contribution in [1.82, 2.24) is 20.3 Å². The molecular weight excluding hydrogens is 288 g/mol. The molecule has 118 valence electrons. The molecule has 2 aromatic heterocycles. The fourth-order valence-corrected chi connectivity index (χ4v) is 2.66. The van der Waals surface area contributed by atoms with E-state index < -0.39 is 0 Å². The first kappa shape index (κ1) is 15.2. The zero-order chi connectivity index (χ0) is 16.4. The van der Waals surface area contributed by atoms with Crippen molar-refractivity contribution in [2.75, 3.05) is 6.54 Å². The maximum Gasteiger partial charge on any atom is 0.271 e. The SMILES string of the molecule is Cc1nc(C)c(C(=O)NCCc2c[nH]c3ccccc23)nc1C. The minimum Gasteiger partial charge on any atom is -0.361 e. The van der Waals surface area contributed by atoms with Gasteiger partial charge in [-0.15, -0.1) is 0 Å². The normalized spacial score (nSPS) is 10.9. The molecule has 0 radical (unpaired) electrons. The second kappa shape index (κ2) is 6.20. The number of carbonyl (C=O) groups excluding carboxylic acids is 1. The van der Waals surface area contributed by atoms with Gasteiger partial charge in [0, 0.05) is 23.6 Å². The van der Waals surface area contributed by atoms with Crippen LogP contribution in [-0.4, -0.2) is 27.4 Å². The lowest BCUT2D eigenvalue weighted by atomic mass is 10.1. The fraction of sp³-hybridized carbons (Fsp3) is 0.278. The van der Waals surface area contributed by atoms with Crippen molar-refractivity contribution in [1.29, 1.82) is 0 Å². The van der Waals surface area contributed by atoms with E-state index in [2.05, 4.69) is 26.3 Å². The van der Waals surface area contributed by atoms with E-state index in [-0.39, 0.29) is 5.91 Å². The van der Waals surface area contributed by atoms with Gasteiger partial charge in [0.1, 0.15) is 5.69 Å². The Kier molecular flexibility index (Phi) is 4.10. The van der Waals surface area contributed by atoms with Crippen LogP contribution in [0.3, 0.4) is 0 Å². The van der Waals surface area contributed by atoms with E-state index in [0.29, 0.717) is 17.9 Å². The number of carbonyl (C=O) groups is 1. The number of amides is 1. The highest BCUT2D eigenvalue weighted by Gasteiger charge is 2.13. The van der Waals surface area contributed by atoms with Gasteiger partial charge in [-0.05, 0) is 38.8 Å².